The minimum absolute atomic E-state index is 0.897. The molecular weight excluding hydrogens is 725 g/mol. The standard InChI is InChI=1S/C58H100N2/c1-39-15-19-43(20-16-39)47-33-49(34-47)57-29-27-53(31-41(57)3)59(51-11-7-5-8-12-51)55-25-23-46-38-56(26-24-45(46)37-55)60(52-13-9-6-10-14-52)54-28-30-58(42(4)32-54)50-35-48(36-50)44-21-17-40(2)18-22-44/h39-58H,5-38H2,1-4H3. The number of nitrogens with zero attached hydrogens (tertiary/aromatic N) is 2. The first-order valence-electron chi connectivity index (χ1n) is 28.9. The van der Waals surface area contributed by atoms with Gasteiger partial charge in [-0.15, -0.1) is 0 Å². The lowest BCUT2D eigenvalue weighted by Gasteiger charge is -2.56. The zero-order valence-electron chi connectivity index (χ0n) is 40.5. The molecule has 10 aliphatic rings. The summed E-state index contributed by atoms with van der Waals surface area (Å²) in [6, 6.07) is 5.42. The van der Waals surface area contributed by atoms with Gasteiger partial charge in [-0.3, -0.25) is 9.80 Å². The minimum atomic E-state index is 0.897. The normalized spacial score (nSPS) is 48.9. The van der Waals surface area contributed by atoms with E-state index in [0.717, 1.165) is 119 Å². The molecule has 0 aliphatic heterocycles. The summed E-state index contributed by atoms with van der Waals surface area (Å²) < 4.78 is 0. The molecule has 2 heteroatoms. The Kier molecular flexibility index (Phi) is 14.5. The Hall–Kier alpha value is -0.0800. The highest BCUT2D eigenvalue weighted by Crippen LogP contribution is 2.55. The maximum Gasteiger partial charge on any atom is 0.0104 e. The Morgan fingerprint density at radius 3 is 0.933 bits per heavy atom. The highest BCUT2D eigenvalue weighted by molar-refractivity contribution is 5.02. The van der Waals surface area contributed by atoms with E-state index in [9.17, 15) is 0 Å². The third-order valence-electron chi connectivity index (χ3n) is 22.7. The summed E-state index contributed by atoms with van der Waals surface area (Å²) in [7, 11) is 0. The fourth-order valence-electron chi connectivity index (χ4n) is 19.1. The van der Waals surface area contributed by atoms with Crippen LogP contribution in [0.25, 0.3) is 0 Å². The van der Waals surface area contributed by atoms with Crippen molar-refractivity contribution < 1.29 is 0 Å². The topological polar surface area (TPSA) is 6.48 Å². The van der Waals surface area contributed by atoms with Crippen LogP contribution in [0.1, 0.15) is 246 Å². The molecule has 0 aromatic rings. The van der Waals surface area contributed by atoms with E-state index >= 15 is 0 Å². The van der Waals surface area contributed by atoms with Gasteiger partial charge in [0.05, 0.1) is 0 Å². The van der Waals surface area contributed by atoms with Crippen LogP contribution >= 0.6 is 0 Å². The van der Waals surface area contributed by atoms with Crippen LogP contribution in [0.3, 0.4) is 0 Å². The molecule has 0 amide bonds. The van der Waals surface area contributed by atoms with Gasteiger partial charge in [0.25, 0.3) is 0 Å². The van der Waals surface area contributed by atoms with Crippen molar-refractivity contribution in [3.8, 4) is 0 Å². The van der Waals surface area contributed by atoms with Crippen LogP contribution in [0.4, 0.5) is 0 Å². The molecule has 342 valence electrons. The van der Waals surface area contributed by atoms with Gasteiger partial charge in [-0.25, -0.2) is 0 Å². The van der Waals surface area contributed by atoms with Crippen LogP contribution in [-0.4, -0.2) is 46.1 Å². The van der Waals surface area contributed by atoms with E-state index < -0.39 is 0 Å². The molecule has 0 bridgehead atoms. The van der Waals surface area contributed by atoms with E-state index in [2.05, 4.69) is 37.5 Å². The van der Waals surface area contributed by atoms with Gasteiger partial charge in [0.2, 0.25) is 0 Å². The molecule has 0 aromatic heterocycles. The van der Waals surface area contributed by atoms with Crippen LogP contribution in [0.2, 0.25) is 0 Å². The van der Waals surface area contributed by atoms with Crippen LogP contribution < -0.4 is 0 Å². The summed E-state index contributed by atoms with van der Waals surface area (Å²) in [4.78, 5) is 6.68. The van der Waals surface area contributed by atoms with Gasteiger partial charge in [0.15, 0.2) is 0 Å². The van der Waals surface area contributed by atoms with E-state index in [-0.39, 0.29) is 0 Å². The van der Waals surface area contributed by atoms with Crippen molar-refractivity contribution in [3.63, 3.8) is 0 Å². The van der Waals surface area contributed by atoms with Gasteiger partial charge < -0.3 is 0 Å². The molecule has 10 rings (SSSR count). The Balaban J connectivity index is 0.743. The van der Waals surface area contributed by atoms with Crippen molar-refractivity contribution in [3.05, 3.63) is 0 Å². The first kappa shape index (κ1) is 43.8. The predicted octanol–water partition coefficient (Wildman–Crippen LogP) is 15.9. The van der Waals surface area contributed by atoms with Gasteiger partial charge in [0, 0.05) is 36.3 Å². The van der Waals surface area contributed by atoms with Crippen molar-refractivity contribution in [1.29, 1.82) is 0 Å². The lowest BCUT2D eigenvalue weighted by atomic mass is 9.56. The lowest BCUT2D eigenvalue weighted by Crippen LogP contribution is -2.57. The van der Waals surface area contributed by atoms with E-state index in [1.54, 1.807) is 103 Å². The van der Waals surface area contributed by atoms with E-state index in [0.29, 0.717) is 0 Å². The smallest absolute Gasteiger partial charge is 0.0104 e. The molecule has 0 heterocycles. The zero-order chi connectivity index (χ0) is 40.7. The zero-order valence-corrected chi connectivity index (χ0v) is 40.5. The summed E-state index contributed by atoms with van der Waals surface area (Å²) in [6.45, 7) is 10.5. The van der Waals surface area contributed by atoms with Crippen molar-refractivity contribution in [2.45, 2.75) is 282 Å². The Morgan fingerprint density at radius 1 is 0.233 bits per heavy atom. The average Bonchev–Trinajstić information content (AvgIpc) is 3.23. The van der Waals surface area contributed by atoms with Gasteiger partial charge >= 0.3 is 0 Å². The second kappa shape index (κ2) is 19.8. The van der Waals surface area contributed by atoms with Gasteiger partial charge in [0.1, 0.15) is 0 Å². The predicted molar refractivity (Wildman–Crippen MR) is 255 cm³/mol. The largest absolute Gasteiger partial charge is 0.294 e. The molecule has 0 spiro atoms. The highest BCUT2D eigenvalue weighted by Gasteiger charge is 2.49. The Bertz CT molecular complexity index is 1200. The molecule has 60 heavy (non-hydrogen) atoms. The summed E-state index contributed by atoms with van der Waals surface area (Å²) in [5.74, 6) is 14.6. The van der Waals surface area contributed by atoms with Crippen LogP contribution in [0.5, 0.6) is 0 Å². The maximum atomic E-state index is 3.34. The first-order chi connectivity index (χ1) is 29.3. The number of rotatable bonds is 10. The fourth-order valence-corrected chi connectivity index (χ4v) is 19.1. The molecule has 10 aliphatic carbocycles. The number of fused-ring (bicyclic) bond motifs is 1. The molecule has 0 radical (unpaired) electrons. The van der Waals surface area contributed by atoms with Crippen molar-refractivity contribution >= 4 is 0 Å². The molecule has 0 N–H and O–H groups in total. The maximum absolute atomic E-state index is 3.34. The SMILES string of the molecule is CC1CCC(C2CC(C3CCC(N(C4CCCCC4)C4CCC5CC(N(C6CCCCC6)C6CCC(C7CC(C8CCC(C)CC8)C7)C(C)C6)CCC5C4)CC3C)C2)CC1. The fraction of sp³-hybridized carbons (Fsp3) is 1.00. The summed E-state index contributed by atoms with van der Waals surface area (Å²) in [5, 5.41) is 0. The van der Waals surface area contributed by atoms with Crippen LogP contribution in [0.15, 0.2) is 0 Å². The molecule has 10 unspecified atom stereocenters. The lowest BCUT2D eigenvalue weighted by molar-refractivity contribution is -0.0584. The molecule has 0 aromatic carbocycles. The summed E-state index contributed by atoms with van der Waals surface area (Å²) >= 11 is 0. The van der Waals surface area contributed by atoms with E-state index in [1.807, 2.05) is 0 Å². The van der Waals surface area contributed by atoms with Crippen molar-refractivity contribution in [1.82, 2.24) is 9.80 Å². The van der Waals surface area contributed by atoms with Gasteiger partial charge in [-0.05, 0) is 237 Å². The molecular formula is C58H100N2. The number of hydrogen-bond donors (Lipinski definition) is 0. The second-order valence-electron chi connectivity index (χ2n) is 26.2. The van der Waals surface area contributed by atoms with E-state index in [1.165, 1.54) is 116 Å². The monoisotopic (exact) mass is 825 g/mol. The summed E-state index contributed by atoms with van der Waals surface area (Å²) in [5.41, 5.74) is 0. The van der Waals surface area contributed by atoms with Crippen molar-refractivity contribution in [2.24, 2.45) is 82.9 Å². The molecule has 10 fully saturated rings. The quantitative estimate of drug-likeness (QED) is 0.217. The Morgan fingerprint density at radius 2 is 0.567 bits per heavy atom. The minimum Gasteiger partial charge on any atom is -0.294 e. The third kappa shape index (κ3) is 9.59. The Labute approximate surface area is 373 Å². The highest BCUT2D eigenvalue weighted by atomic mass is 15.2. The molecule has 10 atom stereocenters. The molecule has 0 saturated heterocycles. The number of hydrogen-bond acceptors (Lipinski definition) is 2. The van der Waals surface area contributed by atoms with Crippen LogP contribution in [0, 0.1) is 82.9 Å². The molecule has 2 nitrogen and oxygen atoms in total. The second-order valence-corrected chi connectivity index (χ2v) is 26.2. The first-order valence-corrected chi connectivity index (χ1v) is 28.9. The third-order valence-corrected chi connectivity index (χ3v) is 22.7. The summed E-state index contributed by atoms with van der Waals surface area (Å²) in [6.07, 6.45) is 52.5. The van der Waals surface area contributed by atoms with E-state index in [4.69, 9.17) is 0 Å². The van der Waals surface area contributed by atoms with Gasteiger partial charge in [-0.1, -0.05) is 91.9 Å². The molecule has 10 saturated carbocycles. The van der Waals surface area contributed by atoms with Gasteiger partial charge in [-0.2, -0.15) is 0 Å². The van der Waals surface area contributed by atoms with Crippen LogP contribution in [-0.2, 0) is 0 Å². The average molecular weight is 825 g/mol. The van der Waals surface area contributed by atoms with Crippen molar-refractivity contribution in [2.75, 3.05) is 0 Å².